The zero-order valence-corrected chi connectivity index (χ0v) is 19.7. The Bertz CT molecular complexity index is 1790. The van der Waals surface area contributed by atoms with Crippen molar-refractivity contribution in [3.8, 4) is 0 Å². The van der Waals surface area contributed by atoms with Gasteiger partial charge in [-0.1, -0.05) is 42.5 Å². The van der Waals surface area contributed by atoms with Gasteiger partial charge in [0.25, 0.3) is 11.8 Å². The van der Waals surface area contributed by atoms with Crippen LogP contribution in [-0.4, -0.2) is 17.6 Å². The Balaban J connectivity index is 1.34. The summed E-state index contributed by atoms with van der Waals surface area (Å²) in [5.41, 5.74) is 8.38. The van der Waals surface area contributed by atoms with Crippen LogP contribution in [0.1, 0.15) is 56.1 Å². The molecule has 172 valence electrons. The molecule has 6 heteroatoms. The van der Waals surface area contributed by atoms with Gasteiger partial charge in [0.05, 0.1) is 22.6 Å². The van der Waals surface area contributed by atoms with Gasteiger partial charge in [-0.05, 0) is 55.1 Å². The molecule has 4 aliphatic rings. The number of aliphatic imine (C=N–C) groups is 1. The number of amides is 2. The second-order valence-corrected chi connectivity index (χ2v) is 9.61. The molecule has 0 saturated carbocycles. The van der Waals surface area contributed by atoms with Gasteiger partial charge >= 0.3 is 0 Å². The molecule has 6 nitrogen and oxygen atoms in total. The number of nitrogens with one attached hydrogen (secondary N) is 1. The van der Waals surface area contributed by atoms with Gasteiger partial charge < -0.3 is 5.32 Å². The number of hydrogen-bond acceptors (Lipinski definition) is 4. The zero-order valence-electron chi connectivity index (χ0n) is 19.7. The van der Waals surface area contributed by atoms with E-state index in [0.29, 0.717) is 22.5 Å². The van der Waals surface area contributed by atoms with Gasteiger partial charge in [0.2, 0.25) is 0 Å². The Hall–Kier alpha value is -4.71. The largest absolute Gasteiger partial charge is 0.361 e. The molecular weight excluding hydrogens is 448 g/mol. The summed E-state index contributed by atoms with van der Waals surface area (Å²) in [7, 11) is 0. The fourth-order valence-electron chi connectivity index (χ4n) is 6.18. The van der Waals surface area contributed by atoms with Crippen molar-refractivity contribution in [2.24, 2.45) is 4.99 Å². The van der Waals surface area contributed by atoms with Crippen molar-refractivity contribution in [1.82, 2.24) is 5.32 Å². The first kappa shape index (κ1) is 19.6. The number of amidine groups is 1. The highest BCUT2D eigenvalue weighted by atomic mass is 16.2. The Labute approximate surface area is 207 Å². The fourth-order valence-corrected chi connectivity index (χ4v) is 6.18. The van der Waals surface area contributed by atoms with E-state index in [2.05, 4.69) is 18.3 Å². The van der Waals surface area contributed by atoms with Gasteiger partial charge in [-0.2, -0.15) is 0 Å². The molecular formula is C30H20N4O2. The van der Waals surface area contributed by atoms with E-state index in [4.69, 9.17) is 4.99 Å². The Morgan fingerprint density at radius 3 is 2.50 bits per heavy atom. The van der Waals surface area contributed by atoms with Crippen molar-refractivity contribution >= 4 is 51.2 Å². The van der Waals surface area contributed by atoms with Crippen LogP contribution in [-0.2, 0) is 0 Å². The second-order valence-electron chi connectivity index (χ2n) is 9.61. The van der Waals surface area contributed by atoms with Gasteiger partial charge in [-0.3, -0.25) is 19.4 Å². The monoisotopic (exact) mass is 468 g/mol. The normalized spacial score (nSPS) is 19.6. The maximum atomic E-state index is 13.8. The summed E-state index contributed by atoms with van der Waals surface area (Å²) in [6.07, 6.45) is 1.67. The third-order valence-corrected chi connectivity index (χ3v) is 7.77. The lowest BCUT2D eigenvalue weighted by Crippen LogP contribution is -2.40. The molecule has 4 aromatic rings. The predicted molar refractivity (Wildman–Crippen MR) is 141 cm³/mol. The first-order valence-electron chi connectivity index (χ1n) is 12.1. The third-order valence-electron chi connectivity index (χ3n) is 7.77. The van der Waals surface area contributed by atoms with E-state index in [9.17, 15) is 9.59 Å². The van der Waals surface area contributed by atoms with Gasteiger partial charge in [0.15, 0.2) is 0 Å². The summed E-state index contributed by atoms with van der Waals surface area (Å²) in [6.45, 7) is 4.05. The quantitative estimate of drug-likeness (QED) is 0.354. The van der Waals surface area contributed by atoms with Gasteiger partial charge in [-0.25, -0.2) is 4.99 Å². The average molecular weight is 469 g/mol. The topological polar surface area (TPSA) is 65.0 Å². The average Bonchev–Trinajstić information content (AvgIpc) is 3.33. The van der Waals surface area contributed by atoms with E-state index in [0.717, 1.165) is 50.2 Å². The van der Waals surface area contributed by atoms with Crippen LogP contribution in [0.3, 0.4) is 0 Å². The number of carbonyl (C=O) groups excluding carboxylic acids is 2. The number of hydrogen-bond donors (Lipinski definition) is 1. The smallest absolute Gasteiger partial charge is 0.264 e. The molecule has 0 saturated heterocycles. The van der Waals surface area contributed by atoms with E-state index >= 15 is 0 Å². The summed E-state index contributed by atoms with van der Waals surface area (Å²) in [5.74, 6) is 0.398. The van der Waals surface area contributed by atoms with Crippen LogP contribution in [0.2, 0.25) is 0 Å². The van der Waals surface area contributed by atoms with Gasteiger partial charge in [-0.15, -0.1) is 0 Å². The van der Waals surface area contributed by atoms with E-state index in [1.54, 1.807) is 4.90 Å². The Morgan fingerprint density at radius 2 is 1.67 bits per heavy atom. The Kier molecular flexibility index (Phi) is 3.53. The van der Waals surface area contributed by atoms with Crippen LogP contribution in [0.25, 0.3) is 16.5 Å². The minimum absolute atomic E-state index is 0.0721. The lowest BCUT2D eigenvalue weighted by atomic mass is 9.97. The van der Waals surface area contributed by atoms with Crippen LogP contribution in [0.4, 0.5) is 17.1 Å². The maximum absolute atomic E-state index is 13.8. The molecule has 36 heavy (non-hydrogen) atoms. The molecule has 0 aromatic heterocycles. The molecule has 0 aliphatic carbocycles. The number of nitrogens with zero attached hydrogens (tertiary/aromatic N) is 3. The maximum Gasteiger partial charge on any atom is 0.264 e. The van der Waals surface area contributed by atoms with E-state index < -0.39 is 0 Å². The third kappa shape index (κ3) is 2.20. The number of fused-ring (bicyclic) bond motifs is 9. The molecule has 0 radical (unpaired) electrons. The van der Waals surface area contributed by atoms with Crippen LogP contribution in [0, 0.1) is 6.92 Å². The summed E-state index contributed by atoms with van der Waals surface area (Å²) < 4.78 is 0. The van der Waals surface area contributed by atoms with Gasteiger partial charge in [0, 0.05) is 33.3 Å². The van der Waals surface area contributed by atoms with Crippen molar-refractivity contribution in [2.45, 2.75) is 20.0 Å². The minimum atomic E-state index is -0.369. The first-order chi connectivity index (χ1) is 17.6. The van der Waals surface area contributed by atoms with Crippen molar-refractivity contribution in [3.63, 3.8) is 0 Å². The number of aryl methyl sites for hydroxylation is 1. The number of benzene rings is 4. The summed E-state index contributed by atoms with van der Waals surface area (Å²) >= 11 is 0. The molecule has 2 amide bonds. The molecule has 4 aromatic carbocycles. The SMILES string of the molecule is C/C=C1/NC2c3cc4c(cc3C(=O)N2c2cccc(C)c21)C1=Nc2cccc3cccc(c23)N1C4=O. The molecule has 0 spiro atoms. The van der Waals surface area contributed by atoms with E-state index in [1.807, 2.05) is 78.6 Å². The van der Waals surface area contributed by atoms with Crippen molar-refractivity contribution in [1.29, 1.82) is 0 Å². The Morgan fingerprint density at radius 1 is 0.889 bits per heavy atom. The zero-order chi connectivity index (χ0) is 24.3. The molecule has 8 rings (SSSR count). The highest BCUT2D eigenvalue weighted by Gasteiger charge is 2.46. The molecule has 1 N–H and O–H groups in total. The first-order valence-corrected chi connectivity index (χ1v) is 12.1. The van der Waals surface area contributed by atoms with E-state index in [-0.39, 0.29) is 18.0 Å². The molecule has 0 bridgehead atoms. The van der Waals surface area contributed by atoms with Crippen LogP contribution in [0.5, 0.6) is 0 Å². The number of allylic oxidation sites excluding steroid dienone is 1. The molecule has 4 aliphatic heterocycles. The van der Waals surface area contributed by atoms with Crippen LogP contribution in [0.15, 0.2) is 77.8 Å². The van der Waals surface area contributed by atoms with Crippen molar-refractivity contribution in [3.05, 3.63) is 106 Å². The highest BCUT2D eigenvalue weighted by molar-refractivity contribution is 6.40. The molecule has 0 fully saturated rings. The fraction of sp³-hybridized carbons (Fsp3) is 0.100. The van der Waals surface area contributed by atoms with Crippen molar-refractivity contribution in [2.75, 3.05) is 9.80 Å². The lowest BCUT2D eigenvalue weighted by Gasteiger charge is -2.36. The number of rotatable bonds is 0. The second kappa shape index (κ2) is 6.49. The highest BCUT2D eigenvalue weighted by Crippen LogP contribution is 2.48. The van der Waals surface area contributed by atoms with Crippen molar-refractivity contribution < 1.29 is 9.59 Å². The minimum Gasteiger partial charge on any atom is -0.361 e. The molecule has 1 unspecified atom stereocenters. The lowest BCUT2D eigenvalue weighted by molar-refractivity contribution is 0.0985. The summed E-state index contributed by atoms with van der Waals surface area (Å²) in [5, 5.41) is 5.57. The number of carbonyl (C=O) groups is 2. The van der Waals surface area contributed by atoms with Crippen LogP contribution < -0.4 is 15.1 Å². The summed E-state index contributed by atoms with van der Waals surface area (Å²) in [4.78, 5) is 36.0. The number of anilines is 2. The molecule has 4 heterocycles. The summed E-state index contributed by atoms with van der Waals surface area (Å²) in [6, 6.07) is 21.7. The predicted octanol–water partition coefficient (Wildman–Crippen LogP) is 5.82. The standard InChI is InChI=1S/C30H20N4O2/c1-3-21-25-15(2)7-4-11-23(25)33-27(31-21)17-13-20-18(14-19(17)29(33)35)28-32-22-10-5-8-16-9-6-12-24(26(16)22)34(28)30(20)36/h3-14,27,31H,1-2H3/b21-3+. The van der Waals surface area contributed by atoms with E-state index in [1.165, 1.54) is 0 Å². The van der Waals surface area contributed by atoms with Gasteiger partial charge in [0.1, 0.15) is 12.0 Å². The van der Waals surface area contributed by atoms with Crippen LogP contribution >= 0.6 is 0 Å². The molecule has 1 atom stereocenters.